The summed E-state index contributed by atoms with van der Waals surface area (Å²) in [5, 5.41) is 0. The van der Waals surface area contributed by atoms with Crippen molar-refractivity contribution >= 4 is 16.9 Å². The van der Waals surface area contributed by atoms with E-state index in [1.54, 1.807) is 0 Å². The van der Waals surface area contributed by atoms with Crippen molar-refractivity contribution in [3.05, 3.63) is 142 Å². The average molecular weight is 557 g/mol. The van der Waals surface area contributed by atoms with Crippen LogP contribution < -0.4 is 5.73 Å². The van der Waals surface area contributed by atoms with Gasteiger partial charge in [0.2, 0.25) is 0 Å². The van der Waals surface area contributed by atoms with E-state index in [2.05, 4.69) is 138 Å². The van der Waals surface area contributed by atoms with Crippen molar-refractivity contribution in [3.63, 3.8) is 0 Å². The first-order valence-electron chi connectivity index (χ1n) is 15.7. The molecule has 3 aromatic carbocycles. The largest absolute Gasteiger partial charge is 0.321 e. The Morgan fingerprint density at radius 3 is 1.93 bits per heavy atom. The third kappa shape index (κ3) is 7.55. The minimum Gasteiger partial charge on any atom is -0.321 e. The van der Waals surface area contributed by atoms with Gasteiger partial charge in [-0.05, 0) is 94.1 Å². The van der Waals surface area contributed by atoms with Crippen molar-refractivity contribution < 1.29 is 0 Å². The van der Waals surface area contributed by atoms with Gasteiger partial charge in [-0.1, -0.05) is 122 Å². The van der Waals surface area contributed by atoms with E-state index in [-0.39, 0.29) is 5.54 Å². The Hall–Kier alpha value is -3.75. The zero-order chi connectivity index (χ0) is 30.0. The summed E-state index contributed by atoms with van der Waals surface area (Å²) in [5.41, 5.74) is 18.7. The van der Waals surface area contributed by atoms with Crippen LogP contribution in [0.2, 0.25) is 0 Å². The number of aliphatic imine (C=N–C) groups is 1. The van der Waals surface area contributed by atoms with E-state index in [9.17, 15) is 0 Å². The van der Waals surface area contributed by atoms with Crippen molar-refractivity contribution in [2.75, 3.05) is 0 Å². The quantitative estimate of drug-likeness (QED) is 0.175. The zero-order valence-electron chi connectivity index (χ0n) is 26.3. The number of hydrogen-bond donors (Lipinski definition) is 1. The van der Waals surface area contributed by atoms with E-state index < -0.39 is 0 Å². The highest BCUT2D eigenvalue weighted by Gasteiger charge is 2.34. The van der Waals surface area contributed by atoms with Crippen LogP contribution in [-0.2, 0) is 5.54 Å². The van der Waals surface area contributed by atoms with Gasteiger partial charge >= 0.3 is 0 Å². The van der Waals surface area contributed by atoms with Gasteiger partial charge in [0, 0.05) is 22.4 Å². The average Bonchev–Trinajstić information content (AvgIpc) is 3.01. The lowest BCUT2D eigenvalue weighted by Crippen LogP contribution is -2.43. The standard InChI is InChI=1S/C40H48N2/c1-6-16-32(17-7-2)38(34-20-13-10-14-21-34)27-22-30(4)31(5)42-39(37(8-3)33-18-11-9-12-19-33)35-23-25-36(26-24-35)40(41)28-15-29-40/h6,8-14,16,18-21,23-26H,7,15,17,22,27-29,41H2,1-5H3. The van der Waals surface area contributed by atoms with Crippen LogP contribution in [0.25, 0.3) is 11.1 Å². The highest BCUT2D eigenvalue weighted by molar-refractivity contribution is 6.32. The summed E-state index contributed by atoms with van der Waals surface area (Å²) < 4.78 is 0. The number of allylic oxidation sites excluding steroid dienone is 8. The van der Waals surface area contributed by atoms with E-state index in [1.165, 1.54) is 39.8 Å². The molecule has 42 heavy (non-hydrogen) atoms. The fourth-order valence-electron chi connectivity index (χ4n) is 5.84. The van der Waals surface area contributed by atoms with Gasteiger partial charge in [0.05, 0.1) is 5.71 Å². The van der Waals surface area contributed by atoms with Gasteiger partial charge in [-0.2, -0.15) is 0 Å². The summed E-state index contributed by atoms with van der Waals surface area (Å²) in [7, 11) is 0. The van der Waals surface area contributed by atoms with Crippen LogP contribution in [0.1, 0.15) is 102 Å². The van der Waals surface area contributed by atoms with E-state index >= 15 is 0 Å². The van der Waals surface area contributed by atoms with Crippen LogP contribution in [0.15, 0.2) is 125 Å². The first-order chi connectivity index (χ1) is 20.4. The zero-order valence-corrected chi connectivity index (χ0v) is 26.3. The second kappa shape index (κ2) is 14.9. The summed E-state index contributed by atoms with van der Waals surface area (Å²) in [6.07, 6.45) is 14.1. The van der Waals surface area contributed by atoms with Crippen LogP contribution in [0, 0.1) is 0 Å². The molecule has 0 unspecified atom stereocenters. The van der Waals surface area contributed by atoms with Crippen molar-refractivity contribution in [1.82, 2.24) is 0 Å². The molecule has 1 fully saturated rings. The first kappa shape index (κ1) is 31.2. The Kier molecular flexibility index (Phi) is 11.1. The Morgan fingerprint density at radius 2 is 1.40 bits per heavy atom. The summed E-state index contributed by atoms with van der Waals surface area (Å²) in [4.78, 5) is 5.36. The van der Waals surface area contributed by atoms with Gasteiger partial charge in [0.15, 0.2) is 0 Å². The van der Waals surface area contributed by atoms with Gasteiger partial charge in [-0.3, -0.25) is 4.99 Å². The van der Waals surface area contributed by atoms with E-state index in [0.717, 1.165) is 61.1 Å². The molecule has 0 spiro atoms. The highest BCUT2D eigenvalue weighted by Crippen LogP contribution is 2.39. The molecule has 1 saturated carbocycles. The minimum absolute atomic E-state index is 0.168. The molecule has 0 aliphatic heterocycles. The highest BCUT2D eigenvalue weighted by atomic mass is 14.8. The lowest BCUT2D eigenvalue weighted by molar-refractivity contribution is 0.253. The van der Waals surface area contributed by atoms with Crippen LogP contribution in [0.4, 0.5) is 0 Å². The molecular formula is C40H48N2. The number of nitrogens with two attached hydrogens (primary N) is 1. The van der Waals surface area contributed by atoms with Crippen molar-refractivity contribution in [2.24, 2.45) is 10.7 Å². The number of rotatable bonds is 12. The fraction of sp³-hybridized carbons (Fsp3) is 0.325. The molecule has 0 aromatic heterocycles. The lowest BCUT2D eigenvalue weighted by Gasteiger charge is -2.38. The molecule has 2 N–H and O–H groups in total. The maximum Gasteiger partial charge on any atom is 0.0780 e. The van der Waals surface area contributed by atoms with Crippen molar-refractivity contribution in [3.8, 4) is 0 Å². The molecule has 2 nitrogen and oxygen atoms in total. The first-order valence-corrected chi connectivity index (χ1v) is 15.7. The molecule has 4 rings (SSSR count). The van der Waals surface area contributed by atoms with Gasteiger partial charge in [0.25, 0.3) is 0 Å². The fourth-order valence-corrected chi connectivity index (χ4v) is 5.84. The molecule has 0 radical (unpaired) electrons. The summed E-state index contributed by atoms with van der Waals surface area (Å²) >= 11 is 0. The van der Waals surface area contributed by atoms with Gasteiger partial charge < -0.3 is 5.73 Å². The molecule has 218 valence electrons. The van der Waals surface area contributed by atoms with Gasteiger partial charge in [-0.25, -0.2) is 0 Å². The second-order valence-corrected chi connectivity index (χ2v) is 11.6. The molecule has 0 atom stereocenters. The minimum atomic E-state index is -0.168. The number of benzene rings is 3. The molecule has 0 saturated heterocycles. The molecule has 1 aliphatic rings. The SMILES string of the molecule is CC=CC(CCC)=C(CCC(C)=C(C)N=C(C(=CC)c1ccccc1)c1ccc(C2(N)CCC2)cc1)c1ccccc1. The summed E-state index contributed by atoms with van der Waals surface area (Å²) in [6, 6.07) is 30.3. The van der Waals surface area contributed by atoms with Gasteiger partial charge in [0.1, 0.15) is 0 Å². The molecule has 3 aromatic rings. The molecule has 0 heterocycles. The second-order valence-electron chi connectivity index (χ2n) is 11.6. The predicted octanol–water partition coefficient (Wildman–Crippen LogP) is 10.8. The molecule has 0 amide bonds. The van der Waals surface area contributed by atoms with Crippen molar-refractivity contribution in [2.45, 2.75) is 85.1 Å². The molecule has 2 heteroatoms. The maximum atomic E-state index is 6.65. The van der Waals surface area contributed by atoms with Crippen LogP contribution >= 0.6 is 0 Å². The Morgan fingerprint density at radius 1 is 0.786 bits per heavy atom. The molecule has 0 bridgehead atoms. The van der Waals surface area contributed by atoms with Crippen LogP contribution in [0.5, 0.6) is 0 Å². The smallest absolute Gasteiger partial charge is 0.0780 e. The topological polar surface area (TPSA) is 38.4 Å². The Balaban J connectivity index is 1.71. The Labute approximate surface area is 254 Å². The Bertz CT molecular complexity index is 1460. The lowest BCUT2D eigenvalue weighted by atomic mass is 9.72. The van der Waals surface area contributed by atoms with E-state index in [4.69, 9.17) is 10.7 Å². The molecular weight excluding hydrogens is 508 g/mol. The molecule has 1 aliphatic carbocycles. The summed E-state index contributed by atoms with van der Waals surface area (Å²) in [5.74, 6) is 0. The predicted molar refractivity (Wildman–Crippen MR) is 183 cm³/mol. The maximum absolute atomic E-state index is 6.65. The third-order valence-electron chi connectivity index (χ3n) is 8.65. The number of nitrogens with zero attached hydrogens (tertiary/aromatic N) is 1. The van der Waals surface area contributed by atoms with Crippen molar-refractivity contribution in [1.29, 1.82) is 0 Å². The normalized spacial score (nSPS) is 16.6. The van der Waals surface area contributed by atoms with E-state index in [0.29, 0.717) is 0 Å². The monoisotopic (exact) mass is 556 g/mol. The van der Waals surface area contributed by atoms with Crippen LogP contribution in [0.3, 0.4) is 0 Å². The van der Waals surface area contributed by atoms with E-state index in [1.807, 2.05) is 0 Å². The van der Waals surface area contributed by atoms with Gasteiger partial charge in [-0.15, -0.1) is 0 Å². The number of hydrogen-bond acceptors (Lipinski definition) is 2. The summed E-state index contributed by atoms with van der Waals surface area (Å²) in [6.45, 7) is 10.9. The van der Waals surface area contributed by atoms with Crippen LogP contribution in [-0.4, -0.2) is 5.71 Å². The third-order valence-corrected chi connectivity index (χ3v) is 8.65.